The van der Waals surface area contributed by atoms with Crippen molar-refractivity contribution in [3.63, 3.8) is 0 Å². The molecule has 0 fully saturated rings. The molecule has 0 saturated heterocycles. The molecule has 29 heavy (non-hydrogen) atoms. The van der Waals surface area contributed by atoms with Crippen LogP contribution in [-0.4, -0.2) is 15.9 Å². The lowest BCUT2D eigenvalue weighted by molar-refractivity contribution is 0.101. The number of benzene rings is 3. The molecular formula is C23H19ClN4O. The highest BCUT2D eigenvalue weighted by Gasteiger charge is 2.15. The second-order valence-corrected chi connectivity index (χ2v) is 7.25. The summed E-state index contributed by atoms with van der Waals surface area (Å²) in [7, 11) is 0. The van der Waals surface area contributed by atoms with Crippen LogP contribution in [0.25, 0.3) is 10.9 Å². The Bertz CT molecular complexity index is 1210. The highest BCUT2D eigenvalue weighted by atomic mass is 35.5. The number of hydrogen-bond acceptors (Lipinski definition) is 4. The van der Waals surface area contributed by atoms with Gasteiger partial charge in [0.2, 0.25) is 5.82 Å². The number of rotatable bonds is 4. The van der Waals surface area contributed by atoms with Crippen LogP contribution in [0, 0.1) is 13.8 Å². The number of aryl methyl sites for hydroxylation is 2. The third-order valence-corrected chi connectivity index (χ3v) is 4.80. The third kappa shape index (κ3) is 4.20. The first-order valence-corrected chi connectivity index (χ1v) is 9.55. The zero-order chi connectivity index (χ0) is 20.4. The lowest BCUT2D eigenvalue weighted by Gasteiger charge is -2.12. The summed E-state index contributed by atoms with van der Waals surface area (Å²) in [5.41, 5.74) is 4.27. The Morgan fingerprint density at radius 1 is 0.931 bits per heavy atom. The predicted molar refractivity (Wildman–Crippen MR) is 118 cm³/mol. The van der Waals surface area contributed by atoms with Crippen molar-refractivity contribution >= 4 is 45.6 Å². The normalized spacial score (nSPS) is 10.7. The van der Waals surface area contributed by atoms with E-state index in [2.05, 4.69) is 20.6 Å². The largest absolute Gasteiger partial charge is 0.340 e. The Labute approximate surface area is 173 Å². The second-order valence-electron chi connectivity index (χ2n) is 6.82. The van der Waals surface area contributed by atoms with E-state index in [1.54, 1.807) is 12.1 Å². The van der Waals surface area contributed by atoms with Crippen LogP contribution in [0.1, 0.15) is 21.7 Å². The van der Waals surface area contributed by atoms with Gasteiger partial charge in [0, 0.05) is 21.8 Å². The van der Waals surface area contributed by atoms with Crippen LogP contribution in [0.2, 0.25) is 5.02 Å². The number of halogens is 1. The Balaban J connectivity index is 1.72. The minimum atomic E-state index is -0.395. The molecule has 0 atom stereocenters. The Morgan fingerprint density at radius 2 is 1.69 bits per heavy atom. The van der Waals surface area contributed by atoms with Crippen molar-refractivity contribution in [3.05, 3.63) is 88.7 Å². The number of nitrogens with zero attached hydrogens (tertiary/aromatic N) is 2. The first-order chi connectivity index (χ1) is 14.0. The van der Waals surface area contributed by atoms with E-state index in [0.717, 1.165) is 16.6 Å². The van der Waals surface area contributed by atoms with Crippen LogP contribution in [-0.2, 0) is 0 Å². The molecule has 0 spiro atoms. The molecule has 3 aromatic carbocycles. The molecule has 4 rings (SSSR count). The SMILES string of the molecule is Cc1ccc(Nc2nc(C(=O)Nc3cc(Cl)ccc3C)nc3ccccc23)cc1. The van der Waals surface area contributed by atoms with Gasteiger partial charge >= 0.3 is 0 Å². The maximum absolute atomic E-state index is 12.9. The number of para-hydroxylation sites is 1. The van der Waals surface area contributed by atoms with Crippen LogP contribution in [0.3, 0.4) is 0 Å². The van der Waals surface area contributed by atoms with Crippen LogP contribution in [0.5, 0.6) is 0 Å². The molecule has 0 saturated carbocycles. The van der Waals surface area contributed by atoms with Crippen molar-refractivity contribution < 1.29 is 4.79 Å². The van der Waals surface area contributed by atoms with Crippen molar-refractivity contribution in [1.82, 2.24) is 9.97 Å². The van der Waals surface area contributed by atoms with E-state index < -0.39 is 5.91 Å². The molecule has 2 N–H and O–H groups in total. The minimum absolute atomic E-state index is 0.0812. The monoisotopic (exact) mass is 402 g/mol. The Morgan fingerprint density at radius 3 is 2.48 bits per heavy atom. The highest BCUT2D eigenvalue weighted by molar-refractivity contribution is 6.31. The maximum Gasteiger partial charge on any atom is 0.293 e. The van der Waals surface area contributed by atoms with Crippen LogP contribution in [0.4, 0.5) is 17.2 Å². The van der Waals surface area contributed by atoms with Gasteiger partial charge in [0.25, 0.3) is 5.91 Å². The van der Waals surface area contributed by atoms with Gasteiger partial charge in [-0.15, -0.1) is 0 Å². The summed E-state index contributed by atoms with van der Waals surface area (Å²) in [6.45, 7) is 3.93. The summed E-state index contributed by atoms with van der Waals surface area (Å²) in [6, 6.07) is 20.9. The fraction of sp³-hybridized carbons (Fsp3) is 0.0870. The molecular weight excluding hydrogens is 384 g/mol. The summed E-state index contributed by atoms with van der Waals surface area (Å²) in [6.07, 6.45) is 0. The summed E-state index contributed by atoms with van der Waals surface area (Å²) < 4.78 is 0. The van der Waals surface area contributed by atoms with Gasteiger partial charge in [-0.25, -0.2) is 9.97 Å². The number of nitrogens with one attached hydrogen (secondary N) is 2. The van der Waals surface area contributed by atoms with E-state index in [0.29, 0.717) is 22.0 Å². The molecule has 0 unspecified atom stereocenters. The fourth-order valence-electron chi connectivity index (χ4n) is 2.95. The maximum atomic E-state index is 12.9. The Kier molecular flexibility index (Phi) is 5.14. The van der Waals surface area contributed by atoms with Crippen LogP contribution in [0.15, 0.2) is 66.7 Å². The fourth-order valence-corrected chi connectivity index (χ4v) is 3.13. The molecule has 1 heterocycles. The first-order valence-electron chi connectivity index (χ1n) is 9.17. The van der Waals surface area contributed by atoms with Crippen molar-refractivity contribution in [2.75, 3.05) is 10.6 Å². The number of carbonyl (C=O) groups excluding carboxylic acids is 1. The van der Waals surface area contributed by atoms with Crippen molar-refractivity contribution in [2.24, 2.45) is 0 Å². The van der Waals surface area contributed by atoms with Gasteiger partial charge in [-0.05, 0) is 55.8 Å². The van der Waals surface area contributed by atoms with E-state index in [-0.39, 0.29) is 5.82 Å². The molecule has 0 radical (unpaired) electrons. The zero-order valence-corrected chi connectivity index (χ0v) is 16.8. The number of anilines is 3. The molecule has 1 amide bonds. The van der Waals surface area contributed by atoms with Gasteiger partial charge in [-0.1, -0.05) is 47.5 Å². The average molecular weight is 403 g/mol. The van der Waals surface area contributed by atoms with Gasteiger partial charge in [-0.3, -0.25) is 4.79 Å². The first kappa shape index (κ1) is 18.9. The van der Waals surface area contributed by atoms with Crippen LogP contribution < -0.4 is 10.6 Å². The summed E-state index contributed by atoms with van der Waals surface area (Å²) in [5.74, 6) is 0.262. The van der Waals surface area contributed by atoms with Crippen molar-refractivity contribution in [2.45, 2.75) is 13.8 Å². The molecule has 6 heteroatoms. The molecule has 1 aromatic heterocycles. The van der Waals surface area contributed by atoms with E-state index in [9.17, 15) is 4.79 Å². The average Bonchev–Trinajstić information content (AvgIpc) is 2.72. The lowest BCUT2D eigenvalue weighted by atomic mass is 10.2. The van der Waals surface area contributed by atoms with Gasteiger partial charge < -0.3 is 10.6 Å². The molecule has 5 nitrogen and oxygen atoms in total. The van der Waals surface area contributed by atoms with Gasteiger partial charge in [0.1, 0.15) is 5.82 Å². The third-order valence-electron chi connectivity index (χ3n) is 4.57. The molecule has 0 aliphatic heterocycles. The standard InChI is InChI=1S/C23H19ClN4O/c1-14-7-11-17(12-8-14)25-21-18-5-3-4-6-19(18)26-22(28-21)23(29)27-20-13-16(24)10-9-15(20)2/h3-13H,1-2H3,(H,27,29)(H,25,26,28). The smallest absolute Gasteiger partial charge is 0.293 e. The number of carbonyl (C=O) groups is 1. The number of fused-ring (bicyclic) bond motifs is 1. The molecule has 4 aromatic rings. The molecule has 144 valence electrons. The zero-order valence-electron chi connectivity index (χ0n) is 16.0. The van der Waals surface area contributed by atoms with E-state index in [1.807, 2.05) is 68.4 Å². The molecule has 0 bridgehead atoms. The Hall–Kier alpha value is -3.44. The van der Waals surface area contributed by atoms with E-state index in [1.165, 1.54) is 5.56 Å². The van der Waals surface area contributed by atoms with Crippen molar-refractivity contribution in [1.29, 1.82) is 0 Å². The highest BCUT2D eigenvalue weighted by Crippen LogP contribution is 2.25. The predicted octanol–water partition coefficient (Wildman–Crippen LogP) is 5.90. The summed E-state index contributed by atoms with van der Waals surface area (Å²) >= 11 is 6.06. The number of aromatic nitrogens is 2. The summed E-state index contributed by atoms with van der Waals surface area (Å²) in [4.78, 5) is 21.8. The van der Waals surface area contributed by atoms with Gasteiger partial charge in [0.05, 0.1) is 5.52 Å². The molecule has 0 aliphatic rings. The lowest BCUT2D eigenvalue weighted by Crippen LogP contribution is -2.17. The topological polar surface area (TPSA) is 66.9 Å². The number of amides is 1. The number of hydrogen-bond donors (Lipinski definition) is 2. The van der Waals surface area contributed by atoms with Gasteiger partial charge in [0.15, 0.2) is 0 Å². The second kappa shape index (κ2) is 7.89. The molecule has 0 aliphatic carbocycles. The van der Waals surface area contributed by atoms with E-state index >= 15 is 0 Å². The minimum Gasteiger partial charge on any atom is -0.340 e. The van der Waals surface area contributed by atoms with E-state index in [4.69, 9.17) is 11.6 Å². The van der Waals surface area contributed by atoms with Crippen molar-refractivity contribution in [3.8, 4) is 0 Å². The van der Waals surface area contributed by atoms with Crippen LogP contribution >= 0.6 is 11.6 Å². The quantitative estimate of drug-likeness (QED) is 0.446. The van der Waals surface area contributed by atoms with Gasteiger partial charge in [-0.2, -0.15) is 0 Å². The summed E-state index contributed by atoms with van der Waals surface area (Å²) in [5, 5.41) is 7.54.